The van der Waals surface area contributed by atoms with Crippen LogP contribution in [0, 0.1) is 23.7 Å². The maximum Gasteiger partial charge on any atom is 0.281 e. The molecule has 4 aromatic rings. The lowest BCUT2D eigenvalue weighted by Gasteiger charge is -2.46. The van der Waals surface area contributed by atoms with Crippen LogP contribution < -0.4 is 28.7 Å². The molecule has 116 heavy (non-hydrogen) atoms. The van der Waals surface area contributed by atoms with Crippen LogP contribution in [0.25, 0.3) is 0 Å². The fourth-order valence-corrected chi connectivity index (χ4v) is 23.3. The van der Waals surface area contributed by atoms with E-state index < -0.39 is 74.6 Å². The van der Waals surface area contributed by atoms with E-state index in [1.165, 1.54) is 81.0 Å². The first-order valence-corrected chi connectivity index (χ1v) is 47.2. The number of hydrogen-bond acceptors (Lipinski definition) is 18. The molecule has 4 heterocycles. The molecular formula is C84H116Cl2N10O16S4. The number of fused-ring (bicyclic) bond motifs is 6. The number of anilines is 2. The van der Waals surface area contributed by atoms with Crippen LogP contribution in [-0.2, 0) is 83.2 Å². The number of nitrogens with zero attached hydrogens (tertiary/aromatic N) is 8. The number of benzene rings is 4. The minimum atomic E-state index is -4.54. The monoisotopic (exact) mass is 1720 g/mol. The maximum atomic E-state index is 14.0. The molecule has 4 aromatic carbocycles. The highest BCUT2D eigenvalue weighted by Gasteiger charge is 2.49. The number of piperazine rings is 2. The first-order chi connectivity index (χ1) is 55.3. The molecule has 2 spiro atoms. The van der Waals surface area contributed by atoms with E-state index in [9.17, 15) is 52.8 Å². The largest absolute Gasteiger partial charge is 0.490 e. The number of nitrogens with one attached hydrogen (secondary N) is 2. The molecule has 2 saturated carbocycles. The Kier molecular flexibility index (Phi) is 29.9. The summed E-state index contributed by atoms with van der Waals surface area (Å²) in [5.41, 5.74) is 5.82. The number of halogens is 2. The number of carbonyl (C=O) groups excluding carboxylic acids is 4. The van der Waals surface area contributed by atoms with Crippen molar-refractivity contribution >= 4 is 98.7 Å². The Morgan fingerprint density at radius 2 is 0.931 bits per heavy atom. The predicted molar refractivity (Wildman–Crippen MR) is 454 cm³/mol. The van der Waals surface area contributed by atoms with Crippen molar-refractivity contribution in [3.05, 3.63) is 166 Å². The third kappa shape index (κ3) is 20.1. The summed E-state index contributed by atoms with van der Waals surface area (Å²) >= 11 is 12.9. The van der Waals surface area contributed by atoms with Crippen LogP contribution in [-0.4, -0.2) is 241 Å². The van der Waals surface area contributed by atoms with E-state index in [1.807, 2.05) is 12.1 Å². The zero-order chi connectivity index (χ0) is 83.7. The number of allylic oxidation sites excluding steroid dienone is 4. The van der Waals surface area contributed by atoms with Crippen LogP contribution in [0.5, 0.6) is 11.5 Å². The lowest BCUT2D eigenvalue weighted by molar-refractivity contribution is -0.132. The van der Waals surface area contributed by atoms with Crippen molar-refractivity contribution in [3.63, 3.8) is 0 Å². The van der Waals surface area contributed by atoms with Gasteiger partial charge in [-0.15, -0.1) is 13.2 Å². The second-order valence-electron chi connectivity index (χ2n) is 32.3. The van der Waals surface area contributed by atoms with Crippen LogP contribution >= 0.6 is 23.2 Å². The number of methoxy groups -OCH3 is 2. The summed E-state index contributed by atoms with van der Waals surface area (Å²) in [6, 6.07) is 22.2. The van der Waals surface area contributed by atoms with E-state index in [0.717, 1.165) is 85.7 Å². The first-order valence-electron chi connectivity index (χ1n) is 40.5. The van der Waals surface area contributed by atoms with E-state index in [2.05, 4.69) is 94.8 Å². The topological polar surface area (TPSA) is 292 Å². The summed E-state index contributed by atoms with van der Waals surface area (Å²) in [5, 5.41) is -1.77. The maximum absolute atomic E-state index is 14.0. The lowest BCUT2D eigenvalue weighted by atomic mass is 9.68. The zero-order valence-electron chi connectivity index (χ0n) is 68.1. The molecule has 0 bridgehead atoms. The smallest absolute Gasteiger partial charge is 0.281 e. The van der Waals surface area contributed by atoms with E-state index >= 15 is 0 Å². The van der Waals surface area contributed by atoms with Crippen molar-refractivity contribution < 1.29 is 71.8 Å². The van der Waals surface area contributed by atoms with E-state index in [0.29, 0.717) is 96.0 Å². The standard InChI is InChI=1S/2C42H58ClN5O8S2/c2*1-6-8-12-37(55-5)34-17-14-32(34)27-47-28-42(20-10-11-30-25-33(43)16-18-35(30)42)29-56-38-19-15-31(26-36(38)47)40(49)44-57(51,52)39(13-9-7-2)41(50)46-21-23-48(24-22-46)58(53,54)45(3)4/h2*7-8,12,15-16,18-19,25-26,32,34,37,39H,2,6,9-11,13-14,17,20-24,27-29H2,1,3-5H3,(H,44,49)/b2*12-8+/t32-,34+,37-,39+,42-;32-,34+,37-,39-,42-/m00/s1. The number of sulfonamides is 2. The molecule has 0 aromatic heterocycles. The van der Waals surface area contributed by atoms with Gasteiger partial charge in [-0.25, -0.2) is 26.3 Å². The Balaban J connectivity index is 0.000000228. The molecule has 0 unspecified atom stereocenters. The van der Waals surface area contributed by atoms with E-state index in [4.69, 9.17) is 42.1 Å². The number of aryl methyl sites for hydroxylation is 2. The molecular weight excluding hydrogens is 1600 g/mol. The fourth-order valence-electron chi connectivity index (χ4n) is 17.9. The van der Waals surface area contributed by atoms with Crippen molar-refractivity contribution in [3.8, 4) is 11.5 Å². The Morgan fingerprint density at radius 1 is 0.552 bits per heavy atom. The molecule has 2 saturated heterocycles. The van der Waals surface area contributed by atoms with Crippen molar-refractivity contribution in [2.75, 3.05) is 144 Å². The quantitative estimate of drug-likeness (QED) is 0.0459. The minimum absolute atomic E-state index is 0.0121. The van der Waals surface area contributed by atoms with Crippen molar-refractivity contribution in [2.24, 2.45) is 23.7 Å². The van der Waals surface area contributed by atoms with E-state index in [1.54, 1.807) is 50.6 Å². The van der Waals surface area contributed by atoms with Gasteiger partial charge in [0, 0.05) is 153 Å². The highest BCUT2D eigenvalue weighted by atomic mass is 35.5. The molecule has 32 heteroatoms. The molecule has 4 fully saturated rings. The lowest BCUT2D eigenvalue weighted by Crippen LogP contribution is -2.56. The van der Waals surface area contributed by atoms with Gasteiger partial charge in [0.1, 0.15) is 11.5 Å². The van der Waals surface area contributed by atoms with Gasteiger partial charge in [-0.05, 0) is 209 Å². The molecule has 2 N–H and O–H groups in total. The molecule has 0 radical (unpaired) electrons. The van der Waals surface area contributed by atoms with Crippen LogP contribution in [0.2, 0.25) is 10.0 Å². The average molecular weight is 1720 g/mol. The first kappa shape index (κ1) is 89.8. The SMILES string of the molecule is C=CCC[C@@H](C(=O)N1CCN(S(=O)(=O)N(C)C)CC1)S(=O)(=O)NC(=O)c1ccc2c(c1)N(C[C@@H]1CC[C@H]1[C@H](/C=C/CC)OC)C[C@@]1(CCCc3cc(Cl)ccc31)CO2.C=CCC[C@H](C(=O)N1CCN(S(=O)(=O)N(C)C)CC1)S(=O)(=O)NC(=O)c1ccc2c(c1)N(C[C@@H]1CC[C@H]1[C@H](/C=C/CC)OC)C[C@@]1(CCCc3cc(Cl)ccc31)CO2. The Bertz CT molecular complexity index is 4470. The summed E-state index contributed by atoms with van der Waals surface area (Å²) in [5.74, 6) is -0.637. The highest BCUT2D eigenvalue weighted by Crippen LogP contribution is 2.50. The van der Waals surface area contributed by atoms with Crippen molar-refractivity contribution in [1.29, 1.82) is 0 Å². The molecule has 636 valence electrons. The number of carbonyl (C=O) groups is 4. The van der Waals surface area contributed by atoms with Gasteiger partial charge in [0.2, 0.25) is 31.9 Å². The molecule has 26 nitrogen and oxygen atoms in total. The van der Waals surface area contributed by atoms with Gasteiger partial charge in [-0.1, -0.05) is 85.6 Å². The molecule has 4 aliphatic carbocycles. The molecule has 8 aliphatic rings. The van der Waals surface area contributed by atoms with Crippen molar-refractivity contribution in [1.82, 2.24) is 36.5 Å². The zero-order valence-corrected chi connectivity index (χ0v) is 72.9. The van der Waals surface area contributed by atoms with Crippen LogP contribution in [0.4, 0.5) is 11.4 Å². The Hall–Kier alpha value is -6.94. The van der Waals surface area contributed by atoms with Gasteiger partial charge >= 0.3 is 0 Å². The third-order valence-electron chi connectivity index (χ3n) is 24.7. The molecule has 4 amide bonds. The summed E-state index contributed by atoms with van der Waals surface area (Å²) in [4.78, 5) is 62.9. The average Bonchev–Trinajstić information content (AvgIpc) is 1.49. The van der Waals surface area contributed by atoms with Gasteiger partial charge in [-0.3, -0.25) is 19.2 Å². The second-order valence-corrected chi connectivity index (χ2v) is 41.2. The van der Waals surface area contributed by atoms with Gasteiger partial charge in [0.05, 0.1) is 36.8 Å². The molecule has 10 atom stereocenters. The predicted octanol–water partition coefficient (Wildman–Crippen LogP) is 10.3. The van der Waals surface area contributed by atoms with Gasteiger partial charge in [-0.2, -0.15) is 34.1 Å². The second kappa shape index (κ2) is 38.6. The summed E-state index contributed by atoms with van der Waals surface area (Å²) in [7, 11) is -7.26. The van der Waals surface area contributed by atoms with Crippen LogP contribution in [0.3, 0.4) is 0 Å². The van der Waals surface area contributed by atoms with Gasteiger partial charge in [0.25, 0.3) is 32.2 Å². The Morgan fingerprint density at radius 3 is 1.26 bits per heavy atom. The number of hydrogen-bond donors (Lipinski definition) is 2. The minimum Gasteiger partial charge on any atom is -0.490 e. The van der Waals surface area contributed by atoms with Gasteiger partial charge < -0.3 is 38.5 Å². The molecule has 12 rings (SSSR count). The number of rotatable bonds is 30. The summed E-state index contributed by atoms with van der Waals surface area (Å²) in [6.07, 6.45) is 23.4. The third-order valence-corrected chi connectivity index (χ3v) is 32.3. The fraction of sp³-hybridized carbons (Fsp3) is 0.571. The molecule has 4 aliphatic heterocycles. The van der Waals surface area contributed by atoms with Crippen LogP contribution in [0.15, 0.2) is 122 Å². The van der Waals surface area contributed by atoms with E-state index in [-0.39, 0.29) is 112 Å². The normalized spacial score (nSPS) is 23.7. The van der Waals surface area contributed by atoms with Gasteiger partial charge in [0.15, 0.2) is 10.5 Å². The summed E-state index contributed by atoms with van der Waals surface area (Å²) < 4.78 is 141. The highest BCUT2D eigenvalue weighted by molar-refractivity contribution is 7.91. The number of amides is 4. The van der Waals surface area contributed by atoms with Crippen LogP contribution in [0.1, 0.15) is 147 Å². The van der Waals surface area contributed by atoms with Crippen molar-refractivity contribution in [2.45, 2.75) is 150 Å². The summed E-state index contributed by atoms with van der Waals surface area (Å²) in [6.45, 7) is 15.2. The number of ether oxygens (including phenoxy) is 4. The Labute approximate surface area is 697 Å².